The fourth-order valence-electron chi connectivity index (χ4n) is 2.85. The number of hydrogen-bond acceptors (Lipinski definition) is 5. The summed E-state index contributed by atoms with van der Waals surface area (Å²) in [4.78, 5) is 17.7. The van der Waals surface area contributed by atoms with Crippen LogP contribution in [0.5, 0.6) is 5.75 Å². The number of aromatic nitrogens is 2. The van der Waals surface area contributed by atoms with E-state index in [1.165, 1.54) is 0 Å². The molecule has 0 radical (unpaired) electrons. The highest BCUT2D eigenvalue weighted by molar-refractivity contribution is 5.79. The van der Waals surface area contributed by atoms with Crippen LogP contribution in [0.15, 0.2) is 36.7 Å². The normalized spacial score (nSPS) is 21.5. The molecule has 1 fully saturated rings. The lowest BCUT2D eigenvalue weighted by molar-refractivity contribution is -0.142. The molecule has 0 unspecified atom stereocenters. The number of nitrogens with two attached hydrogens (primary N) is 1. The second-order valence-electron chi connectivity index (χ2n) is 5.83. The molecule has 2 aromatic rings. The number of benzene rings is 1. The number of carboxylic acid groups (broad SMARTS) is 1. The van der Waals surface area contributed by atoms with E-state index in [1.807, 2.05) is 39.9 Å². The Bertz CT molecular complexity index is 698. The predicted molar refractivity (Wildman–Crippen MR) is 84.6 cm³/mol. The number of hydrogen-bond donors (Lipinski definition) is 2. The Kier molecular flexibility index (Phi) is 4.06. The van der Waals surface area contributed by atoms with E-state index in [0.29, 0.717) is 26.1 Å². The van der Waals surface area contributed by atoms with Crippen molar-refractivity contribution in [3.63, 3.8) is 0 Å². The third kappa shape index (κ3) is 3.06. The SMILES string of the molecule is COc1ccc(-n2ccnc2CN2CC[C@](N)(C(=O)O)C2)cc1. The zero-order valence-corrected chi connectivity index (χ0v) is 13.0. The molecule has 122 valence electrons. The Morgan fingerprint density at radius 2 is 2.17 bits per heavy atom. The van der Waals surface area contributed by atoms with Crippen LogP contribution >= 0.6 is 0 Å². The molecule has 7 nitrogen and oxygen atoms in total. The fraction of sp³-hybridized carbons (Fsp3) is 0.375. The van der Waals surface area contributed by atoms with Gasteiger partial charge in [-0.15, -0.1) is 0 Å². The average molecular weight is 316 g/mol. The zero-order chi connectivity index (χ0) is 16.4. The van der Waals surface area contributed by atoms with E-state index in [-0.39, 0.29) is 0 Å². The maximum absolute atomic E-state index is 11.2. The molecule has 3 N–H and O–H groups in total. The molecule has 1 aliphatic heterocycles. The van der Waals surface area contributed by atoms with Crippen LogP contribution in [0, 0.1) is 0 Å². The molecule has 0 spiro atoms. The van der Waals surface area contributed by atoms with Gasteiger partial charge in [-0.1, -0.05) is 0 Å². The van der Waals surface area contributed by atoms with Crippen molar-refractivity contribution in [3.05, 3.63) is 42.5 Å². The highest BCUT2D eigenvalue weighted by Gasteiger charge is 2.41. The number of imidazole rings is 1. The van der Waals surface area contributed by atoms with Crippen molar-refractivity contribution in [1.29, 1.82) is 0 Å². The van der Waals surface area contributed by atoms with E-state index in [2.05, 4.69) is 4.98 Å². The minimum atomic E-state index is -1.16. The Labute approximate surface area is 134 Å². The van der Waals surface area contributed by atoms with Crippen molar-refractivity contribution in [2.45, 2.75) is 18.5 Å². The number of carboxylic acids is 1. The summed E-state index contributed by atoms with van der Waals surface area (Å²) in [7, 11) is 1.63. The summed E-state index contributed by atoms with van der Waals surface area (Å²) in [6.45, 7) is 1.54. The molecule has 3 rings (SSSR count). The largest absolute Gasteiger partial charge is 0.497 e. The maximum Gasteiger partial charge on any atom is 0.325 e. The lowest BCUT2D eigenvalue weighted by Crippen LogP contribution is -2.50. The van der Waals surface area contributed by atoms with Gasteiger partial charge in [0.2, 0.25) is 0 Å². The third-order valence-electron chi connectivity index (χ3n) is 4.24. The molecule has 23 heavy (non-hydrogen) atoms. The lowest BCUT2D eigenvalue weighted by atomic mass is 10.0. The first-order valence-corrected chi connectivity index (χ1v) is 7.43. The van der Waals surface area contributed by atoms with Crippen LogP contribution in [0.4, 0.5) is 0 Å². The van der Waals surface area contributed by atoms with Crippen LogP contribution in [-0.2, 0) is 11.3 Å². The van der Waals surface area contributed by atoms with Gasteiger partial charge in [0.1, 0.15) is 17.1 Å². The number of ether oxygens (including phenoxy) is 1. The number of methoxy groups -OCH3 is 1. The van der Waals surface area contributed by atoms with Crippen molar-refractivity contribution in [1.82, 2.24) is 14.5 Å². The summed E-state index contributed by atoms with van der Waals surface area (Å²) >= 11 is 0. The zero-order valence-electron chi connectivity index (χ0n) is 13.0. The molecule has 1 aliphatic rings. The van der Waals surface area contributed by atoms with Gasteiger partial charge in [0, 0.05) is 31.2 Å². The number of aliphatic carboxylic acids is 1. The van der Waals surface area contributed by atoms with Crippen LogP contribution in [0.1, 0.15) is 12.2 Å². The highest BCUT2D eigenvalue weighted by atomic mass is 16.5. The summed E-state index contributed by atoms with van der Waals surface area (Å²) < 4.78 is 7.15. The summed E-state index contributed by atoms with van der Waals surface area (Å²) in [5.74, 6) is 0.702. The molecule has 2 heterocycles. The fourth-order valence-corrected chi connectivity index (χ4v) is 2.85. The van der Waals surface area contributed by atoms with Gasteiger partial charge in [-0.05, 0) is 30.7 Å². The first kappa shape index (κ1) is 15.5. The minimum absolute atomic E-state index is 0.331. The third-order valence-corrected chi connectivity index (χ3v) is 4.24. The minimum Gasteiger partial charge on any atom is -0.497 e. The van der Waals surface area contributed by atoms with Gasteiger partial charge in [-0.2, -0.15) is 0 Å². The van der Waals surface area contributed by atoms with E-state index >= 15 is 0 Å². The van der Waals surface area contributed by atoms with Gasteiger partial charge >= 0.3 is 5.97 Å². The summed E-state index contributed by atoms with van der Waals surface area (Å²) in [6, 6.07) is 7.70. The van der Waals surface area contributed by atoms with Gasteiger partial charge in [0.05, 0.1) is 13.7 Å². The number of carbonyl (C=O) groups is 1. The topological polar surface area (TPSA) is 93.6 Å². The van der Waals surface area contributed by atoms with Crippen molar-refractivity contribution >= 4 is 5.97 Å². The monoisotopic (exact) mass is 316 g/mol. The van der Waals surface area contributed by atoms with Crippen LogP contribution in [0.25, 0.3) is 5.69 Å². The molecular formula is C16H20N4O3. The first-order chi connectivity index (χ1) is 11.0. The molecule has 1 saturated heterocycles. The molecule has 1 aromatic carbocycles. The summed E-state index contributed by atoms with van der Waals surface area (Å²) in [5.41, 5.74) is 5.75. The molecule has 0 bridgehead atoms. The Morgan fingerprint density at radius 1 is 1.43 bits per heavy atom. The van der Waals surface area contributed by atoms with Gasteiger partial charge in [-0.3, -0.25) is 9.69 Å². The van der Waals surface area contributed by atoms with Gasteiger partial charge in [0.25, 0.3) is 0 Å². The summed E-state index contributed by atoms with van der Waals surface area (Å²) in [6.07, 6.45) is 4.08. The van der Waals surface area contributed by atoms with Crippen LogP contribution in [0.2, 0.25) is 0 Å². The molecule has 1 aromatic heterocycles. The van der Waals surface area contributed by atoms with Crippen molar-refractivity contribution < 1.29 is 14.6 Å². The van der Waals surface area contributed by atoms with Crippen molar-refractivity contribution in [2.75, 3.05) is 20.2 Å². The molecule has 7 heteroatoms. The number of likely N-dealkylation sites (tertiary alicyclic amines) is 1. The maximum atomic E-state index is 11.2. The number of nitrogens with zero attached hydrogens (tertiary/aromatic N) is 3. The van der Waals surface area contributed by atoms with E-state index < -0.39 is 11.5 Å². The van der Waals surface area contributed by atoms with Crippen LogP contribution in [-0.4, -0.2) is 51.3 Å². The van der Waals surface area contributed by atoms with Crippen LogP contribution in [0.3, 0.4) is 0 Å². The van der Waals surface area contributed by atoms with Crippen molar-refractivity contribution in [3.8, 4) is 11.4 Å². The van der Waals surface area contributed by atoms with Crippen molar-refractivity contribution in [2.24, 2.45) is 5.73 Å². The lowest BCUT2D eigenvalue weighted by Gasteiger charge is -2.20. The molecule has 0 saturated carbocycles. The molecular weight excluding hydrogens is 296 g/mol. The Morgan fingerprint density at radius 3 is 2.78 bits per heavy atom. The van der Waals surface area contributed by atoms with Gasteiger partial charge in [0.15, 0.2) is 0 Å². The Hall–Kier alpha value is -2.38. The standard InChI is InChI=1S/C16H20N4O3/c1-23-13-4-2-12(3-5-13)20-9-7-18-14(20)10-19-8-6-16(17,11-19)15(21)22/h2-5,7,9H,6,8,10-11,17H2,1H3,(H,21,22)/t16-/m1/s1. The second-order valence-corrected chi connectivity index (χ2v) is 5.83. The highest BCUT2D eigenvalue weighted by Crippen LogP contribution is 2.22. The molecule has 0 amide bonds. The molecule has 0 aliphatic carbocycles. The quantitative estimate of drug-likeness (QED) is 0.850. The van der Waals surface area contributed by atoms with Gasteiger partial charge in [-0.25, -0.2) is 4.98 Å². The second kappa shape index (κ2) is 6.02. The van der Waals surface area contributed by atoms with E-state index in [0.717, 1.165) is 17.3 Å². The first-order valence-electron chi connectivity index (χ1n) is 7.43. The predicted octanol–water partition coefficient (Wildman–Crippen LogP) is 0.869. The van der Waals surface area contributed by atoms with Gasteiger partial charge < -0.3 is 20.1 Å². The Balaban J connectivity index is 1.75. The summed E-state index contributed by atoms with van der Waals surface area (Å²) in [5, 5.41) is 9.21. The van der Waals surface area contributed by atoms with E-state index in [4.69, 9.17) is 10.5 Å². The van der Waals surface area contributed by atoms with E-state index in [1.54, 1.807) is 13.3 Å². The van der Waals surface area contributed by atoms with Crippen LogP contribution < -0.4 is 10.5 Å². The average Bonchev–Trinajstić information content (AvgIpc) is 3.16. The smallest absolute Gasteiger partial charge is 0.325 e. The number of rotatable bonds is 5. The van der Waals surface area contributed by atoms with E-state index in [9.17, 15) is 9.90 Å². The molecule has 1 atom stereocenters.